The van der Waals surface area contributed by atoms with E-state index in [1.54, 1.807) is 12.1 Å². The number of sulfonamides is 1. The van der Waals surface area contributed by atoms with Crippen LogP contribution in [0, 0.1) is 0 Å². The second-order valence-electron chi connectivity index (χ2n) is 2.99. The van der Waals surface area contributed by atoms with E-state index in [1.165, 1.54) is 0 Å². The summed E-state index contributed by atoms with van der Waals surface area (Å²) >= 11 is 3.32. The highest BCUT2D eigenvalue weighted by atomic mass is 79.9. The van der Waals surface area contributed by atoms with E-state index in [9.17, 15) is 8.42 Å². The summed E-state index contributed by atoms with van der Waals surface area (Å²) in [6.45, 7) is 0. The van der Waals surface area contributed by atoms with Gasteiger partial charge in [0.2, 0.25) is 0 Å². The molecule has 0 atom stereocenters. The molecule has 0 fully saturated rings. The minimum absolute atomic E-state index is 0.275. The van der Waals surface area contributed by atoms with Crippen LogP contribution in [0.2, 0.25) is 0 Å². The van der Waals surface area contributed by atoms with Crippen molar-refractivity contribution in [3.05, 3.63) is 28.7 Å². The van der Waals surface area contributed by atoms with Crippen LogP contribution in [0.1, 0.15) is 0 Å². The van der Waals surface area contributed by atoms with Crippen molar-refractivity contribution < 1.29 is 8.42 Å². The number of benzene rings is 1. The highest BCUT2D eigenvalue weighted by Gasteiger charge is 2.15. The van der Waals surface area contributed by atoms with E-state index in [1.807, 2.05) is 12.1 Å². The van der Waals surface area contributed by atoms with Gasteiger partial charge in [0.05, 0.1) is 0 Å². The molecule has 1 heterocycles. The van der Waals surface area contributed by atoms with Crippen molar-refractivity contribution in [1.29, 1.82) is 0 Å². The van der Waals surface area contributed by atoms with Gasteiger partial charge in [-0.15, -0.1) is 0 Å². The Labute approximate surface area is 100 Å². The Morgan fingerprint density at radius 1 is 1.31 bits per heavy atom. The SMILES string of the molecule is NS(=O)(=O)c1nc(-c2ccccc2Br)n[nH]1. The quantitative estimate of drug-likeness (QED) is 0.859. The van der Waals surface area contributed by atoms with Crippen LogP contribution in [0.3, 0.4) is 0 Å². The van der Waals surface area contributed by atoms with Crippen molar-refractivity contribution in [2.24, 2.45) is 5.14 Å². The van der Waals surface area contributed by atoms with Gasteiger partial charge in [-0.25, -0.2) is 18.7 Å². The van der Waals surface area contributed by atoms with Crippen LogP contribution in [-0.4, -0.2) is 23.6 Å². The van der Waals surface area contributed by atoms with E-state index >= 15 is 0 Å². The van der Waals surface area contributed by atoms with Crippen molar-refractivity contribution >= 4 is 26.0 Å². The third-order valence-electron chi connectivity index (χ3n) is 1.85. The molecule has 0 spiro atoms. The van der Waals surface area contributed by atoms with Crippen molar-refractivity contribution in [2.45, 2.75) is 5.16 Å². The van der Waals surface area contributed by atoms with Gasteiger partial charge >= 0.3 is 0 Å². The Morgan fingerprint density at radius 2 is 2.00 bits per heavy atom. The molecule has 0 aliphatic heterocycles. The fourth-order valence-corrected chi connectivity index (χ4v) is 1.99. The molecule has 0 saturated carbocycles. The number of hydrogen-bond donors (Lipinski definition) is 2. The van der Waals surface area contributed by atoms with Crippen molar-refractivity contribution in [3.8, 4) is 11.4 Å². The van der Waals surface area contributed by atoms with Crippen LogP contribution in [0.25, 0.3) is 11.4 Å². The normalized spacial score (nSPS) is 11.6. The average Bonchev–Trinajstić information content (AvgIpc) is 2.66. The molecule has 3 N–H and O–H groups in total. The maximum Gasteiger partial charge on any atom is 0.273 e. The Morgan fingerprint density at radius 3 is 2.56 bits per heavy atom. The molecule has 0 amide bonds. The van der Waals surface area contributed by atoms with E-state index in [4.69, 9.17) is 5.14 Å². The second kappa shape index (κ2) is 3.96. The van der Waals surface area contributed by atoms with Gasteiger partial charge in [0, 0.05) is 10.0 Å². The first-order valence-electron chi connectivity index (χ1n) is 4.18. The molecule has 0 bridgehead atoms. The van der Waals surface area contributed by atoms with E-state index in [-0.39, 0.29) is 11.0 Å². The van der Waals surface area contributed by atoms with Gasteiger partial charge in [-0.05, 0) is 12.1 Å². The van der Waals surface area contributed by atoms with Crippen LogP contribution < -0.4 is 5.14 Å². The number of nitrogens with two attached hydrogens (primary N) is 1. The van der Waals surface area contributed by atoms with E-state index < -0.39 is 10.0 Å². The number of halogens is 1. The molecule has 0 radical (unpaired) electrons. The topological polar surface area (TPSA) is 102 Å². The fourth-order valence-electron chi connectivity index (χ4n) is 1.14. The fraction of sp³-hybridized carbons (Fsp3) is 0. The summed E-state index contributed by atoms with van der Waals surface area (Å²) < 4.78 is 22.8. The van der Waals surface area contributed by atoms with Crippen LogP contribution >= 0.6 is 15.9 Å². The molecule has 1 aromatic heterocycles. The lowest BCUT2D eigenvalue weighted by Gasteiger charge is -1.96. The zero-order valence-electron chi connectivity index (χ0n) is 7.88. The summed E-state index contributed by atoms with van der Waals surface area (Å²) in [6.07, 6.45) is 0. The zero-order valence-corrected chi connectivity index (χ0v) is 10.3. The Balaban J connectivity index is 2.52. The van der Waals surface area contributed by atoms with Gasteiger partial charge in [0.1, 0.15) is 0 Å². The van der Waals surface area contributed by atoms with Crippen LogP contribution in [0.5, 0.6) is 0 Å². The zero-order chi connectivity index (χ0) is 11.8. The van der Waals surface area contributed by atoms with Crippen molar-refractivity contribution in [2.75, 3.05) is 0 Å². The highest BCUT2D eigenvalue weighted by molar-refractivity contribution is 9.10. The molecule has 1 aromatic carbocycles. The number of H-pyrrole nitrogens is 1. The molecule has 6 nitrogen and oxygen atoms in total. The number of rotatable bonds is 2. The standard InChI is InChI=1S/C8H7BrN4O2S/c9-6-4-2-1-3-5(6)7-11-8(13-12-7)16(10,14)15/h1-4H,(H2,10,14,15)(H,11,12,13). The molecule has 0 saturated heterocycles. The summed E-state index contributed by atoms with van der Waals surface area (Å²) in [4.78, 5) is 3.80. The summed E-state index contributed by atoms with van der Waals surface area (Å²) in [7, 11) is -3.85. The third-order valence-corrected chi connectivity index (χ3v) is 3.26. The van der Waals surface area contributed by atoms with Crippen molar-refractivity contribution in [3.63, 3.8) is 0 Å². The highest BCUT2D eigenvalue weighted by Crippen LogP contribution is 2.24. The number of nitrogens with one attached hydrogen (secondary N) is 1. The first kappa shape index (κ1) is 11.2. The first-order chi connectivity index (χ1) is 7.48. The molecule has 0 aliphatic rings. The van der Waals surface area contributed by atoms with E-state index in [0.29, 0.717) is 5.56 Å². The lowest BCUT2D eigenvalue weighted by molar-refractivity contribution is 0.589. The predicted molar refractivity (Wildman–Crippen MR) is 60.9 cm³/mol. The first-order valence-corrected chi connectivity index (χ1v) is 6.52. The molecule has 2 rings (SSSR count). The maximum absolute atomic E-state index is 11.0. The molecule has 16 heavy (non-hydrogen) atoms. The summed E-state index contributed by atoms with van der Waals surface area (Å²) in [5, 5.41) is 10.6. The third kappa shape index (κ3) is 2.13. The predicted octanol–water partition coefficient (Wildman–Crippen LogP) is 0.882. The van der Waals surface area contributed by atoms with Gasteiger partial charge in [0.15, 0.2) is 5.82 Å². The Hall–Kier alpha value is -1.25. The van der Waals surface area contributed by atoms with Gasteiger partial charge in [0.25, 0.3) is 15.2 Å². The number of aromatic nitrogens is 3. The molecule has 0 unspecified atom stereocenters. The second-order valence-corrected chi connectivity index (χ2v) is 5.32. The van der Waals surface area contributed by atoms with Crippen LogP contribution in [0.15, 0.2) is 33.9 Å². The number of nitrogens with zero attached hydrogens (tertiary/aromatic N) is 2. The summed E-state index contributed by atoms with van der Waals surface area (Å²) in [5.74, 6) is 0.275. The van der Waals surface area contributed by atoms with Crippen LogP contribution in [0.4, 0.5) is 0 Å². The van der Waals surface area contributed by atoms with Gasteiger partial charge in [-0.1, -0.05) is 28.1 Å². The Bertz CT molecular complexity index is 622. The molecule has 8 heteroatoms. The van der Waals surface area contributed by atoms with E-state index in [0.717, 1.165) is 4.47 Å². The maximum atomic E-state index is 11.0. The molecule has 0 aliphatic carbocycles. The van der Waals surface area contributed by atoms with E-state index in [2.05, 4.69) is 31.1 Å². The lowest BCUT2D eigenvalue weighted by Crippen LogP contribution is -2.13. The number of primary sulfonamides is 1. The minimum atomic E-state index is -3.85. The number of aromatic amines is 1. The summed E-state index contributed by atoms with van der Waals surface area (Å²) in [5.41, 5.74) is 0.689. The molecular weight excluding hydrogens is 296 g/mol. The smallest absolute Gasteiger partial charge is 0.248 e. The van der Waals surface area contributed by atoms with Gasteiger partial charge in [-0.3, -0.25) is 0 Å². The van der Waals surface area contributed by atoms with Crippen molar-refractivity contribution in [1.82, 2.24) is 15.2 Å². The van der Waals surface area contributed by atoms with Gasteiger partial charge < -0.3 is 0 Å². The number of hydrogen-bond acceptors (Lipinski definition) is 4. The molecular formula is C8H7BrN4O2S. The largest absolute Gasteiger partial charge is 0.273 e. The average molecular weight is 303 g/mol. The molecule has 2 aromatic rings. The van der Waals surface area contributed by atoms with Gasteiger partial charge in [-0.2, -0.15) is 10.1 Å². The Kier molecular flexibility index (Phi) is 2.78. The summed E-state index contributed by atoms with van der Waals surface area (Å²) in [6, 6.07) is 7.20. The minimum Gasteiger partial charge on any atom is -0.248 e. The molecule has 84 valence electrons. The van der Waals surface area contributed by atoms with Crippen LogP contribution in [-0.2, 0) is 10.0 Å². The lowest BCUT2D eigenvalue weighted by atomic mass is 10.2. The monoisotopic (exact) mass is 302 g/mol.